The van der Waals surface area contributed by atoms with Gasteiger partial charge >= 0.3 is 0 Å². The van der Waals surface area contributed by atoms with Crippen molar-refractivity contribution in [2.24, 2.45) is 5.92 Å². The van der Waals surface area contributed by atoms with E-state index in [1.165, 1.54) is 6.08 Å². The molecule has 27 heavy (non-hydrogen) atoms. The number of carbonyl (C=O) groups excluding carboxylic acids is 2. The van der Waals surface area contributed by atoms with Gasteiger partial charge in [-0.3, -0.25) is 9.59 Å². The first-order valence-corrected chi connectivity index (χ1v) is 9.23. The minimum Gasteiger partial charge on any atom is -0.497 e. The van der Waals surface area contributed by atoms with Gasteiger partial charge in [0, 0.05) is 17.2 Å². The average molecular weight is 364 g/mol. The molecule has 3 rings (SSSR count). The molecular formula is C23H24O4. The highest BCUT2D eigenvalue weighted by atomic mass is 16.5. The smallest absolute Gasteiger partial charge is 0.229 e. The van der Waals surface area contributed by atoms with E-state index in [9.17, 15) is 9.59 Å². The lowest BCUT2D eigenvalue weighted by molar-refractivity contribution is 0.0946. The van der Waals surface area contributed by atoms with Crippen molar-refractivity contribution in [1.29, 1.82) is 0 Å². The Labute approximate surface area is 159 Å². The Morgan fingerprint density at radius 3 is 2.30 bits per heavy atom. The first-order chi connectivity index (χ1) is 13.0. The fourth-order valence-electron chi connectivity index (χ4n) is 3.11. The van der Waals surface area contributed by atoms with Crippen molar-refractivity contribution in [1.82, 2.24) is 0 Å². The lowest BCUT2D eigenvalue weighted by Gasteiger charge is -2.17. The molecule has 0 radical (unpaired) electrons. The van der Waals surface area contributed by atoms with E-state index in [0.29, 0.717) is 28.5 Å². The van der Waals surface area contributed by atoms with Crippen LogP contribution >= 0.6 is 0 Å². The van der Waals surface area contributed by atoms with E-state index < -0.39 is 0 Å². The average Bonchev–Trinajstić information content (AvgIpc) is 2.66. The second-order valence-corrected chi connectivity index (χ2v) is 7.15. The van der Waals surface area contributed by atoms with Crippen molar-refractivity contribution >= 4 is 11.6 Å². The Morgan fingerprint density at radius 1 is 0.926 bits per heavy atom. The standard InChI is InChI=1S/C23H24O4/c1-15(2)5-4-6-16-7-12-19-20(13-16)23(25)22(14-21(19)24)27-18-10-8-17(26-3)9-11-18/h7-15H,4-6H2,1-3H3. The van der Waals surface area contributed by atoms with Crippen LogP contribution in [0.1, 0.15) is 53.0 Å². The number of hydrogen-bond donors (Lipinski definition) is 0. The van der Waals surface area contributed by atoms with Crippen LogP contribution in [0.4, 0.5) is 0 Å². The summed E-state index contributed by atoms with van der Waals surface area (Å²) in [6.45, 7) is 4.39. The molecule has 2 aromatic carbocycles. The van der Waals surface area contributed by atoms with Crippen molar-refractivity contribution in [2.45, 2.75) is 33.1 Å². The quantitative estimate of drug-likeness (QED) is 0.692. The Morgan fingerprint density at radius 2 is 1.63 bits per heavy atom. The molecule has 0 spiro atoms. The minimum absolute atomic E-state index is 0.0528. The summed E-state index contributed by atoms with van der Waals surface area (Å²) in [4.78, 5) is 25.3. The SMILES string of the molecule is COc1ccc(OC2=CC(=O)c3ccc(CCCC(C)C)cc3C2=O)cc1. The van der Waals surface area contributed by atoms with E-state index in [1.807, 2.05) is 12.1 Å². The number of aryl methyl sites for hydroxylation is 1. The summed E-state index contributed by atoms with van der Waals surface area (Å²) in [6.07, 6.45) is 4.36. The number of hydrogen-bond acceptors (Lipinski definition) is 4. The summed E-state index contributed by atoms with van der Waals surface area (Å²) < 4.78 is 10.8. The molecule has 0 saturated carbocycles. The lowest BCUT2D eigenvalue weighted by Crippen LogP contribution is -2.20. The molecule has 2 aromatic rings. The Bertz CT molecular complexity index is 876. The molecule has 0 unspecified atom stereocenters. The van der Waals surface area contributed by atoms with Crippen molar-refractivity contribution in [2.75, 3.05) is 7.11 Å². The molecule has 0 saturated heterocycles. The second-order valence-electron chi connectivity index (χ2n) is 7.15. The molecule has 0 aliphatic heterocycles. The van der Waals surface area contributed by atoms with Gasteiger partial charge in [-0.1, -0.05) is 32.4 Å². The van der Waals surface area contributed by atoms with Crippen LogP contribution in [0.25, 0.3) is 0 Å². The summed E-state index contributed by atoms with van der Waals surface area (Å²) in [5.74, 6) is 1.42. The van der Waals surface area contributed by atoms with Gasteiger partial charge in [-0.15, -0.1) is 0 Å². The van der Waals surface area contributed by atoms with Crippen LogP contribution < -0.4 is 9.47 Å². The number of rotatable bonds is 7. The van der Waals surface area contributed by atoms with Crippen molar-refractivity contribution in [3.63, 3.8) is 0 Å². The van der Waals surface area contributed by atoms with Crippen molar-refractivity contribution in [3.8, 4) is 11.5 Å². The van der Waals surface area contributed by atoms with Crippen LogP contribution in [-0.2, 0) is 6.42 Å². The third kappa shape index (κ3) is 4.45. The van der Waals surface area contributed by atoms with Gasteiger partial charge in [0.15, 0.2) is 11.5 Å². The van der Waals surface area contributed by atoms with E-state index in [1.54, 1.807) is 37.4 Å². The zero-order valence-electron chi connectivity index (χ0n) is 16.0. The predicted octanol–water partition coefficient (Wildman–Crippen LogP) is 5.02. The van der Waals surface area contributed by atoms with Crippen molar-refractivity contribution in [3.05, 3.63) is 71.0 Å². The summed E-state index contributed by atoms with van der Waals surface area (Å²) in [7, 11) is 1.58. The maximum absolute atomic E-state index is 12.9. The van der Waals surface area contributed by atoms with E-state index in [-0.39, 0.29) is 17.3 Å². The van der Waals surface area contributed by atoms with E-state index in [0.717, 1.165) is 24.8 Å². The van der Waals surface area contributed by atoms with Gasteiger partial charge in [-0.2, -0.15) is 0 Å². The monoisotopic (exact) mass is 364 g/mol. The van der Waals surface area contributed by atoms with Gasteiger partial charge < -0.3 is 9.47 Å². The number of benzene rings is 2. The normalized spacial score (nSPS) is 13.4. The molecule has 1 aliphatic carbocycles. The summed E-state index contributed by atoms with van der Waals surface area (Å²) in [6, 6.07) is 12.4. The summed E-state index contributed by atoms with van der Waals surface area (Å²) >= 11 is 0. The maximum Gasteiger partial charge on any atom is 0.229 e. The van der Waals surface area contributed by atoms with Gasteiger partial charge in [0.25, 0.3) is 0 Å². The first kappa shape index (κ1) is 18.9. The molecule has 0 N–H and O–H groups in total. The number of fused-ring (bicyclic) bond motifs is 1. The maximum atomic E-state index is 12.9. The Balaban J connectivity index is 1.79. The number of ketones is 2. The van der Waals surface area contributed by atoms with Gasteiger partial charge in [0.2, 0.25) is 5.78 Å². The number of methoxy groups -OCH3 is 1. The van der Waals surface area contributed by atoms with Gasteiger partial charge in [0.05, 0.1) is 7.11 Å². The highest BCUT2D eigenvalue weighted by Crippen LogP contribution is 2.26. The molecule has 0 aromatic heterocycles. The number of Topliss-reactive ketones (excluding diaryl/α,β-unsaturated/α-hetero) is 1. The van der Waals surface area contributed by atoms with Gasteiger partial charge in [-0.05, 0) is 54.7 Å². The second kappa shape index (κ2) is 8.21. The van der Waals surface area contributed by atoms with E-state index >= 15 is 0 Å². The molecule has 4 nitrogen and oxygen atoms in total. The summed E-state index contributed by atoms with van der Waals surface area (Å²) in [5.41, 5.74) is 1.93. The van der Waals surface area contributed by atoms with E-state index in [4.69, 9.17) is 9.47 Å². The van der Waals surface area contributed by atoms with Crippen LogP contribution in [-0.4, -0.2) is 18.7 Å². The Kier molecular flexibility index (Phi) is 5.75. The fraction of sp³-hybridized carbons (Fsp3) is 0.304. The lowest BCUT2D eigenvalue weighted by atomic mass is 9.90. The molecule has 1 aliphatic rings. The summed E-state index contributed by atoms with van der Waals surface area (Å²) in [5, 5.41) is 0. The zero-order chi connectivity index (χ0) is 19.4. The largest absolute Gasteiger partial charge is 0.497 e. The van der Waals surface area contributed by atoms with Crippen molar-refractivity contribution < 1.29 is 19.1 Å². The van der Waals surface area contributed by atoms with Crippen LogP contribution in [0.5, 0.6) is 11.5 Å². The number of allylic oxidation sites excluding steroid dienone is 2. The number of ether oxygens (including phenoxy) is 2. The first-order valence-electron chi connectivity index (χ1n) is 9.23. The topological polar surface area (TPSA) is 52.6 Å². The molecule has 0 heterocycles. The highest BCUT2D eigenvalue weighted by Gasteiger charge is 2.27. The predicted molar refractivity (Wildman–Crippen MR) is 105 cm³/mol. The number of carbonyl (C=O) groups is 2. The van der Waals surface area contributed by atoms with E-state index in [2.05, 4.69) is 13.8 Å². The van der Waals surface area contributed by atoms with Gasteiger partial charge in [-0.25, -0.2) is 0 Å². The van der Waals surface area contributed by atoms with Crippen LogP contribution in [0.2, 0.25) is 0 Å². The molecule has 4 heteroatoms. The Hall–Kier alpha value is -2.88. The highest BCUT2D eigenvalue weighted by molar-refractivity contribution is 6.23. The molecule has 140 valence electrons. The zero-order valence-corrected chi connectivity index (χ0v) is 16.0. The molecule has 0 atom stereocenters. The van der Waals surface area contributed by atoms with Gasteiger partial charge in [0.1, 0.15) is 11.5 Å². The fourth-order valence-corrected chi connectivity index (χ4v) is 3.11. The van der Waals surface area contributed by atoms with Crippen LogP contribution in [0, 0.1) is 5.92 Å². The molecule has 0 amide bonds. The molecular weight excluding hydrogens is 340 g/mol. The third-order valence-corrected chi connectivity index (χ3v) is 4.61. The molecule has 0 fully saturated rings. The van der Waals surface area contributed by atoms with Crippen LogP contribution in [0.3, 0.4) is 0 Å². The third-order valence-electron chi connectivity index (χ3n) is 4.61. The molecule has 0 bridgehead atoms. The van der Waals surface area contributed by atoms with Crippen LogP contribution in [0.15, 0.2) is 54.3 Å². The minimum atomic E-state index is -0.258.